The Morgan fingerprint density at radius 2 is 2.10 bits per heavy atom. The molecule has 0 unspecified atom stereocenters. The Kier molecular flexibility index (Phi) is 4.55. The molecule has 1 N–H and O–H groups in total. The van der Waals surface area contributed by atoms with E-state index in [1.807, 2.05) is 0 Å². The first-order chi connectivity index (χ1) is 10.1. The second kappa shape index (κ2) is 6.37. The van der Waals surface area contributed by atoms with Crippen molar-refractivity contribution in [3.8, 4) is 5.75 Å². The summed E-state index contributed by atoms with van der Waals surface area (Å²) in [6.07, 6.45) is 0.630. The highest BCUT2D eigenvalue weighted by Gasteiger charge is 2.17. The number of halogens is 2. The molecule has 0 saturated heterocycles. The van der Waals surface area contributed by atoms with E-state index < -0.39 is 11.7 Å². The normalized spacial score (nSPS) is 10.0. The van der Waals surface area contributed by atoms with Gasteiger partial charge in [-0.2, -0.15) is 0 Å². The van der Waals surface area contributed by atoms with Crippen LogP contribution in [0, 0.1) is 5.82 Å². The minimum atomic E-state index is -0.731. The quantitative estimate of drug-likeness (QED) is 0.879. The Morgan fingerprint density at radius 1 is 1.33 bits per heavy atom. The van der Waals surface area contributed by atoms with Crippen molar-refractivity contribution in [1.29, 1.82) is 0 Å². The van der Waals surface area contributed by atoms with E-state index >= 15 is 0 Å². The number of hydrogen-bond donors (Lipinski definition) is 1. The number of carbonyl (C=O) groups is 2. The third-order valence-corrected chi connectivity index (χ3v) is 3.11. The molecule has 0 aliphatic heterocycles. The van der Waals surface area contributed by atoms with Crippen LogP contribution in [-0.4, -0.2) is 19.3 Å². The molecule has 108 valence electrons. The highest BCUT2D eigenvalue weighted by Crippen LogP contribution is 2.27. The number of benzene rings is 2. The predicted molar refractivity (Wildman–Crippen MR) is 77.7 cm³/mol. The van der Waals surface area contributed by atoms with Crippen molar-refractivity contribution >= 4 is 29.5 Å². The van der Waals surface area contributed by atoms with Gasteiger partial charge >= 0.3 is 0 Å². The van der Waals surface area contributed by atoms with Gasteiger partial charge in [-0.25, -0.2) is 4.39 Å². The molecule has 4 nitrogen and oxygen atoms in total. The maximum Gasteiger partial charge on any atom is 0.260 e. The molecule has 0 heterocycles. The summed E-state index contributed by atoms with van der Waals surface area (Å²) in [6.45, 7) is 0. The topological polar surface area (TPSA) is 55.4 Å². The van der Waals surface area contributed by atoms with Gasteiger partial charge in [-0.1, -0.05) is 17.7 Å². The lowest BCUT2D eigenvalue weighted by molar-refractivity contribution is 0.102. The molecule has 0 bridgehead atoms. The van der Waals surface area contributed by atoms with Crippen LogP contribution < -0.4 is 10.1 Å². The van der Waals surface area contributed by atoms with Gasteiger partial charge in [-0.15, -0.1) is 0 Å². The van der Waals surface area contributed by atoms with Crippen molar-refractivity contribution in [3.63, 3.8) is 0 Å². The van der Waals surface area contributed by atoms with Crippen molar-refractivity contribution in [2.75, 3.05) is 12.4 Å². The smallest absolute Gasteiger partial charge is 0.260 e. The summed E-state index contributed by atoms with van der Waals surface area (Å²) < 4.78 is 18.8. The fourth-order valence-corrected chi connectivity index (χ4v) is 2.04. The number of nitrogens with one attached hydrogen (secondary N) is 1. The lowest BCUT2D eigenvalue weighted by Crippen LogP contribution is -2.15. The SMILES string of the molecule is COc1ccc(C=O)cc1NC(=O)c1c(F)cccc1Cl. The third-order valence-electron chi connectivity index (χ3n) is 2.80. The fourth-order valence-electron chi connectivity index (χ4n) is 1.80. The zero-order chi connectivity index (χ0) is 15.4. The zero-order valence-corrected chi connectivity index (χ0v) is 11.8. The van der Waals surface area contributed by atoms with Crippen molar-refractivity contribution in [2.45, 2.75) is 0 Å². The molecule has 0 atom stereocenters. The molecule has 2 aromatic rings. The highest BCUT2D eigenvalue weighted by atomic mass is 35.5. The second-order valence-electron chi connectivity index (χ2n) is 4.13. The van der Waals surface area contributed by atoms with Crippen molar-refractivity contribution in [2.24, 2.45) is 0 Å². The van der Waals surface area contributed by atoms with Gasteiger partial charge in [0.15, 0.2) is 0 Å². The molecule has 0 aliphatic carbocycles. The number of anilines is 1. The summed E-state index contributed by atoms with van der Waals surface area (Å²) in [5.41, 5.74) is 0.342. The molecule has 0 radical (unpaired) electrons. The van der Waals surface area contributed by atoms with Crippen LogP contribution in [0.25, 0.3) is 0 Å². The standard InChI is InChI=1S/C15H11ClFNO3/c1-21-13-6-5-9(8-19)7-12(13)18-15(20)14-10(16)3-2-4-11(14)17/h2-8H,1H3,(H,18,20). The molecule has 6 heteroatoms. The first-order valence-corrected chi connectivity index (χ1v) is 6.33. The molecule has 0 saturated carbocycles. The number of carbonyl (C=O) groups excluding carboxylic acids is 2. The van der Waals surface area contributed by atoms with Gasteiger partial charge in [0.05, 0.1) is 23.4 Å². The summed E-state index contributed by atoms with van der Waals surface area (Å²) in [5.74, 6) is -1.11. The summed E-state index contributed by atoms with van der Waals surface area (Å²) in [5, 5.41) is 2.49. The number of ether oxygens (including phenoxy) is 1. The van der Waals surface area contributed by atoms with Crippen LogP contribution >= 0.6 is 11.6 Å². The molecule has 0 spiro atoms. The lowest BCUT2D eigenvalue weighted by Gasteiger charge is -2.11. The summed E-state index contributed by atoms with van der Waals surface area (Å²) in [4.78, 5) is 22.9. The second-order valence-corrected chi connectivity index (χ2v) is 4.54. The number of rotatable bonds is 4. The Balaban J connectivity index is 2.37. The van der Waals surface area contributed by atoms with E-state index in [-0.39, 0.29) is 16.3 Å². The number of amides is 1. The Hall–Kier alpha value is -2.40. The maximum absolute atomic E-state index is 13.7. The first kappa shape index (κ1) is 15.0. The molecule has 1 amide bonds. The minimum Gasteiger partial charge on any atom is -0.495 e. The average molecular weight is 308 g/mol. The highest BCUT2D eigenvalue weighted by molar-refractivity contribution is 6.34. The van der Waals surface area contributed by atoms with Crippen LogP contribution in [0.1, 0.15) is 20.7 Å². The molecule has 0 aliphatic rings. The van der Waals surface area contributed by atoms with Gasteiger partial charge in [0.25, 0.3) is 5.91 Å². The zero-order valence-electron chi connectivity index (χ0n) is 11.0. The summed E-state index contributed by atoms with van der Waals surface area (Å²) in [6, 6.07) is 8.46. The van der Waals surface area contributed by atoms with Crippen LogP contribution in [0.15, 0.2) is 36.4 Å². The average Bonchev–Trinajstić information content (AvgIpc) is 2.47. The van der Waals surface area contributed by atoms with Crippen molar-refractivity contribution in [1.82, 2.24) is 0 Å². The maximum atomic E-state index is 13.7. The molecular weight excluding hydrogens is 297 g/mol. The third kappa shape index (κ3) is 3.20. The lowest BCUT2D eigenvalue weighted by atomic mass is 10.1. The van der Waals surface area contributed by atoms with E-state index in [2.05, 4.69) is 5.32 Å². The largest absolute Gasteiger partial charge is 0.495 e. The van der Waals surface area contributed by atoms with E-state index in [9.17, 15) is 14.0 Å². The number of aldehydes is 1. The molecule has 2 rings (SSSR count). The van der Waals surface area contributed by atoms with E-state index in [1.54, 1.807) is 0 Å². The van der Waals surface area contributed by atoms with E-state index in [4.69, 9.17) is 16.3 Å². The van der Waals surface area contributed by atoms with Gasteiger partial charge in [0, 0.05) is 5.56 Å². The Bertz CT molecular complexity index is 683. The van der Waals surface area contributed by atoms with E-state index in [0.29, 0.717) is 17.6 Å². The van der Waals surface area contributed by atoms with Gasteiger partial charge < -0.3 is 10.1 Å². The van der Waals surface area contributed by atoms with Crippen LogP contribution in [0.4, 0.5) is 10.1 Å². The van der Waals surface area contributed by atoms with E-state index in [0.717, 1.165) is 6.07 Å². The van der Waals surface area contributed by atoms with Crippen LogP contribution in [0.3, 0.4) is 0 Å². The molecule has 2 aromatic carbocycles. The van der Waals surface area contributed by atoms with Crippen LogP contribution in [-0.2, 0) is 0 Å². The predicted octanol–water partition coefficient (Wildman–Crippen LogP) is 3.55. The molecule has 0 aromatic heterocycles. The van der Waals surface area contributed by atoms with Crippen LogP contribution in [0.5, 0.6) is 5.75 Å². The number of hydrogen-bond acceptors (Lipinski definition) is 3. The Labute approximate surface area is 125 Å². The van der Waals surface area contributed by atoms with Gasteiger partial charge in [0.1, 0.15) is 17.9 Å². The van der Waals surface area contributed by atoms with Gasteiger partial charge in [-0.05, 0) is 30.3 Å². The molecule has 21 heavy (non-hydrogen) atoms. The molecular formula is C15H11ClFNO3. The van der Waals surface area contributed by atoms with Crippen molar-refractivity contribution in [3.05, 3.63) is 58.4 Å². The van der Waals surface area contributed by atoms with Crippen molar-refractivity contribution < 1.29 is 18.7 Å². The summed E-state index contributed by atoms with van der Waals surface area (Å²) in [7, 11) is 1.42. The van der Waals surface area contributed by atoms with Gasteiger partial charge in [0.2, 0.25) is 0 Å². The molecule has 0 fully saturated rings. The van der Waals surface area contributed by atoms with Gasteiger partial charge in [-0.3, -0.25) is 9.59 Å². The van der Waals surface area contributed by atoms with Crippen LogP contribution in [0.2, 0.25) is 5.02 Å². The first-order valence-electron chi connectivity index (χ1n) is 5.95. The Morgan fingerprint density at radius 3 is 2.71 bits per heavy atom. The van der Waals surface area contributed by atoms with E-state index in [1.165, 1.54) is 37.4 Å². The fraction of sp³-hybridized carbons (Fsp3) is 0.0667. The monoisotopic (exact) mass is 307 g/mol. The minimum absolute atomic E-state index is 0.00184. The summed E-state index contributed by atoms with van der Waals surface area (Å²) >= 11 is 5.83. The number of methoxy groups -OCH3 is 1.